The van der Waals surface area contributed by atoms with Gasteiger partial charge in [0, 0.05) is 12.6 Å². The van der Waals surface area contributed by atoms with Crippen molar-refractivity contribution in [2.75, 3.05) is 0 Å². The zero-order valence-electron chi connectivity index (χ0n) is 8.20. The minimum Gasteiger partial charge on any atom is -0.317 e. The number of hydrogen-bond donors (Lipinski definition) is 0. The van der Waals surface area contributed by atoms with Crippen LogP contribution < -0.4 is 0 Å². The second-order valence-corrected chi connectivity index (χ2v) is 3.68. The molecule has 2 rings (SSSR count). The van der Waals surface area contributed by atoms with Crippen molar-refractivity contribution >= 4 is 0 Å². The third-order valence-corrected chi connectivity index (χ3v) is 2.29. The highest BCUT2D eigenvalue weighted by atomic mass is 19.3. The van der Waals surface area contributed by atoms with Crippen LogP contribution in [-0.4, -0.2) is 16.6 Å². The highest BCUT2D eigenvalue weighted by molar-refractivity contribution is 5.02. The van der Waals surface area contributed by atoms with Crippen LogP contribution in [0, 0.1) is 5.92 Å². The monoisotopic (exact) mass is 214 g/mol. The van der Waals surface area contributed by atoms with E-state index in [4.69, 9.17) is 0 Å². The number of ether oxygens (including phenoxy) is 1. The molecule has 15 heavy (non-hydrogen) atoms. The van der Waals surface area contributed by atoms with E-state index in [-0.39, 0.29) is 6.61 Å². The maximum Gasteiger partial charge on any atom is 0.345 e. The maximum absolute atomic E-state index is 11.8. The molecule has 1 aliphatic rings. The smallest absolute Gasteiger partial charge is 0.317 e. The lowest BCUT2D eigenvalue weighted by atomic mass is 10.3. The highest BCUT2D eigenvalue weighted by Gasteiger charge is 2.22. The predicted molar refractivity (Wildman–Crippen MR) is 49.3 cm³/mol. The van der Waals surface area contributed by atoms with Crippen molar-refractivity contribution < 1.29 is 13.5 Å². The van der Waals surface area contributed by atoms with Crippen molar-refractivity contribution in [3.05, 3.63) is 23.8 Å². The van der Waals surface area contributed by atoms with Crippen molar-refractivity contribution in [1.29, 1.82) is 0 Å². The predicted octanol–water partition coefficient (Wildman–Crippen LogP) is 2.17. The van der Waals surface area contributed by atoms with Crippen LogP contribution in [-0.2, 0) is 17.8 Å². The third kappa shape index (κ3) is 3.51. The van der Waals surface area contributed by atoms with Crippen LogP contribution in [0.15, 0.2) is 12.3 Å². The number of alkyl halides is 2. The summed E-state index contributed by atoms with van der Waals surface area (Å²) in [6.45, 7) is -2.90. The molecule has 0 atom stereocenters. The lowest BCUT2D eigenvalue weighted by Crippen LogP contribution is -2.04. The normalized spacial score (nSPS) is 15.9. The fraction of sp³-hybridized carbons (Fsp3) is 0.600. The van der Waals surface area contributed by atoms with Gasteiger partial charge in [-0.05, 0) is 24.8 Å². The molecular formula is C10H12F2N2O. The Kier molecular flexibility index (Phi) is 3.20. The zero-order valence-corrected chi connectivity index (χ0v) is 8.20. The zero-order chi connectivity index (χ0) is 10.7. The number of aromatic nitrogens is 2. The molecule has 5 heteroatoms. The van der Waals surface area contributed by atoms with Crippen molar-refractivity contribution in [2.45, 2.75) is 32.5 Å². The first-order valence-electron chi connectivity index (χ1n) is 4.94. The van der Waals surface area contributed by atoms with E-state index in [1.54, 1.807) is 12.3 Å². The SMILES string of the molecule is FC(F)OCc1ccnc(CC2CC2)n1. The summed E-state index contributed by atoms with van der Waals surface area (Å²) in [6.07, 6.45) is 4.89. The second-order valence-electron chi connectivity index (χ2n) is 3.68. The summed E-state index contributed by atoms with van der Waals surface area (Å²) in [5.41, 5.74) is 0.515. The first kappa shape index (κ1) is 10.4. The van der Waals surface area contributed by atoms with Crippen molar-refractivity contribution in [3.63, 3.8) is 0 Å². The summed E-state index contributed by atoms with van der Waals surface area (Å²) < 4.78 is 27.7. The van der Waals surface area contributed by atoms with E-state index >= 15 is 0 Å². The van der Waals surface area contributed by atoms with Gasteiger partial charge in [0.2, 0.25) is 0 Å². The molecule has 1 aromatic rings. The number of rotatable bonds is 5. The molecule has 0 N–H and O–H groups in total. The topological polar surface area (TPSA) is 35.0 Å². The molecule has 1 aromatic heterocycles. The maximum atomic E-state index is 11.8. The van der Waals surface area contributed by atoms with Crippen LogP contribution in [0.4, 0.5) is 8.78 Å². The molecule has 1 saturated carbocycles. The average molecular weight is 214 g/mol. The molecule has 0 amide bonds. The Bertz CT molecular complexity index is 329. The van der Waals surface area contributed by atoms with Crippen LogP contribution in [0.25, 0.3) is 0 Å². The molecule has 1 fully saturated rings. The van der Waals surface area contributed by atoms with E-state index in [1.807, 2.05) is 0 Å². The lowest BCUT2D eigenvalue weighted by Gasteiger charge is -2.03. The molecule has 0 aliphatic heterocycles. The van der Waals surface area contributed by atoms with Crippen LogP contribution in [0.1, 0.15) is 24.4 Å². The van der Waals surface area contributed by atoms with E-state index in [9.17, 15) is 8.78 Å². The standard InChI is InChI=1S/C10H12F2N2O/c11-10(12)15-6-8-3-4-13-9(14-8)5-7-1-2-7/h3-4,7,10H,1-2,5-6H2. The number of halogens is 2. The van der Waals surface area contributed by atoms with Crippen LogP contribution >= 0.6 is 0 Å². The van der Waals surface area contributed by atoms with Gasteiger partial charge >= 0.3 is 6.61 Å². The molecule has 0 radical (unpaired) electrons. The van der Waals surface area contributed by atoms with E-state index in [0.717, 1.165) is 12.2 Å². The van der Waals surface area contributed by atoms with Crippen molar-refractivity contribution in [1.82, 2.24) is 9.97 Å². The molecule has 0 spiro atoms. The van der Waals surface area contributed by atoms with E-state index < -0.39 is 6.61 Å². The van der Waals surface area contributed by atoms with E-state index in [2.05, 4.69) is 14.7 Å². The Hall–Kier alpha value is -1.10. The van der Waals surface area contributed by atoms with E-state index in [1.165, 1.54) is 12.8 Å². The van der Waals surface area contributed by atoms with Crippen LogP contribution in [0.3, 0.4) is 0 Å². The minimum atomic E-state index is -2.74. The van der Waals surface area contributed by atoms with Gasteiger partial charge in [-0.1, -0.05) is 0 Å². The van der Waals surface area contributed by atoms with Gasteiger partial charge in [-0.2, -0.15) is 8.78 Å². The van der Waals surface area contributed by atoms with E-state index in [0.29, 0.717) is 11.6 Å². The number of hydrogen-bond acceptors (Lipinski definition) is 3. The van der Waals surface area contributed by atoms with Gasteiger partial charge in [0.25, 0.3) is 0 Å². The fourth-order valence-corrected chi connectivity index (χ4v) is 1.35. The summed E-state index contributed by atoms with van der Waals surface area (Å²) in [6, 6.07) is 1.60. The van der Waals surface area contributed by atoms with Gasteiger partial charge in [0.1, 0.15) is 5.82 Å². The van der Waals surface area contributed by atoms with Gasteiger partial charge in [-0.15, -0.1) is 0 Å². The van der Waals surface area contributed by atoms with Crippen LogP contribution in [0.5, 0.6) is 0 Å². The van der Waals surface area contributed by atoms with Gasteiger partial charge in [-0.3, -0.25) is 0 Å². The highest BCUT2D eigenvalue weighted by Crippen LogP contribution is 2.31. The van der Waals surface area contributed by atoms with Gasteiger partial charge in [0.15, 0.2) is 0 Å². The van der Waals surface area contributed by atoms with Gasteiger partial charge < -0.3 is 4.74 Å². The molecule has 0 bridgehead atoms. The summed E-state index contributed by atoms with van der Waals surface area (Å²) in [5.74, 6) is 1.42. The Morgan fingerprint density at radius 3 is 2.93 bits per heavy atom. The summed E-state index contributed by atoms with van der Waals surface area (Å²) in [7, 11) is 0. The van der Waals surface area contributed by atoms with Crippen molar-refractivity contribution in [2.24, 2.45) is 5.92 Å². The number of nitrogens with zero attached hydrogens (tertiary/aromatic N) is 2. The average Bonchev–Trinajstić information content (AvgIpc) is 2.99. The fourth-order valence-electron chi connectivity index (χ4n) is 1.35. The third-order valence-electron chi connectivity index (χ3n) is 2.29. The largest absolute Gasteiger partial charge is 0.345 e. The molecule has 0 unspecified atom stereocenters. The molecule has 0 saturated heterocycles. The molecule has 1 heterocycles. The lowest BCUT2D eigenvalue weighted by molar-refractivity contribution is -0.138. The molecule has 1 aliphatic carbocycles. The molecule has 82 valence electrons. The summed E-state index contributed by atoms with van der Waals surface area (Å²) in [5, 5.41) is 0. The summed E-state index contributed by atoms with van der Waals surface area (Å²) in [4.78, 5) is 8.25. The molecule has 3 nitrogen and oxygen atoms in total. The van der Waals surface area contributed by atoms with Gasteiger partial charge in [-0.25, -0.2) is 9.97 Å². The minimum absolute atomic E-state index is 0.155. The Balaban J connectivity index is 1.92. The Morgan fingerprint density at radius 2 is 2.27 bits per heavy atom. The summed E-state index contributed by atoms with van der Waals surface area (Å²) >= 11 is 0. The Morgan fingerprint density at radius 1 is 1.47 bits per heavy atom. The van der Waals surface area contributed by atoms with Gasteiger partial charge in [0.05, 0.1) is 12.3 Å². The quantitative estimate of drug-likeness (QED) is 0.753. The first-order valence-corrected chi connectivity index (χ1v) is 4.94. The molecular weight excluding hydrogens is 202 g/mol. The first-order chi connectivity index (χ1) is 7.24. The van der Waals surface area contributed by atoms with Crippen molar-refractivity contribution in [3.8, 4) is 0 Å². The molecule has 0 aromatic carbocycles. The Labute approximate surface area is 86.5 Å². The second kappa shape index (κ2) is 4.61. The van der Waals surface area contributed by atoms with Crippen LogP contribution in [0.2, 0.25) is 0 Å².